The van der Waals surface area contributed by atoms with Crippen molar-refractivity contribution in [3.8, 4) is 0 Å². The van der Waals surface area contributed by atoms with Gasteiger partial charge in [0.05, 0.1) is 10.8 Å². The zero-order chi connectivity index (χ0) is 16.6. The second-order valence-corrected chi connectivity index (χ2v) is 8.08. The van der Waals surface area contributed by atoms with Crippen molar-refractivity contribution < 1.29 is 18.3 Å². The van der Waals surface area contributed by atoms with Gasteiger partial charge in [-0.1, -0.05) is 19.1 Å². The number of aliphatic carboxylic acids is 1. The lowest BCUT2D eigenvalue weighted by Gasteiger charge is -2.33. The van der Waals surface area contributed by atoms with E-state index in [4.69, 9.17) is 0 Å². The Morgan fingerprint density at radius 3 is 2.52 bits per heavy atom. The van der Waals surface area contributed by atoms with Crippen LogP contribution in [0.5, 0.6) is 0 Å². The minimum atomic E-state index is -3.55. The molecule has 1 fully saturated rings. The number of benzene rings is 1. The molecule has 1 heterocycles. The van der Waals surface area contributed by atoms with Gasteiger partial charge in [0.2, 0.25) is 10.0 Å². The Balaban J connectivity index is 1.88. The van der Waals surface area contributed by atoms with E-state index in [9.17, 15) is 18.3 Å². The Morgan fingerprint density at radius 1 is 1.22 bits per heavy atom. The first-order chi connectivity index (χ1) is 10.9. The van der Waals surface area contributed by atoms with E-state index in [2.05, 4.69) is 11.8 Å². The molecule has 1 saturated heterocycles. The molecule has 2 aliphatic rings. The van der Waals surface area contributed by atoms with Crippen LogP contribution in [0.1, 0.15) is 18.1 Å². The summed E-state index contributed by atoms with van der Waals surface area (Å²) in [6.07, 6.45) is 0.715. The number of piperazine rings is 1. The zero-order valence-electron chi connectivity index (χ0n) is 13.2. The molecule has 0 amide bonds. The quantitative estimate of drug-likeness (QED) is 0.879. The lowest BCUT2D eigenvalue weighted by Crippen LogP contribution is -2.48. The third-order valence-corrected chi connectivity index (χ3v) is 6.88. The second-order valence-electron chi connectivity index (χ2n) is 6.18. The van der Waals surface area contributed by atoms with E-state index in [0.717, 1.165) is 25.2 Å². The van der Waals surface area contributed by atoms with E-state index >= 15 is 0 Å². The highest BCUT2D eigenvalue weighted by Gasteiger charge is 2.35. The summed E-state index contributed by atoms with van der Waals surface area (Å²) < 4.78 is 27.5. The number of carboxylic acids is 1. The van der Waals surface area contributed by atoms with Crippen molar-refractivity contribution in [3.63, 3.8) is 0 Å². The maximum absolute atomic E-state index is 13.0. The molecule has 1 N–H and O–H groups in total. The van der Waals surface area contributed by atoms with Crippen LogP contribution in [-0.4, -0.2) is 61.4 Å². The third kappa shape index (κ3) is 3.00. The number of carbonyl (C=O) groups is 1. The minimum absolute atomic E-state index is 0.295. The van der Waals surface area contributed by atoms with Gasteiger partial charge in [-0.05, 0) is 36.6 Å². The number of fused-ring (bicyclic) bond motifs is 1. The number of rotatable bonds is 4. The molecule has 0 bridgehead atoms. The van der Waals surface area contributed by atoms with E-state index in [1.807, 2.05) is 6.07 Å². The first-order valence-corrected chi connectivity index (χ1v) is 9.43. The maximum Gasteiger partial charge on any atom is 0.307 e. The highest BCUT2D eigenvalue weighted by Crippen LogP contribution is 2.33. The maximum atomic E-state index is 13.0. The Hall–Kier alpha value is -1.44. The van der Waals surface area contributed by atoms with E-state index in [0.29, 0.717) is 36.4 Å². The Bertz CT molecular complexity index is 709. The molecular formula is C16H22N2O4S. The van der Waals surface area contributed by atoms with Gasteiger partial charge in [0, 0.05) is 26.2 Å². The Kier molecular flexibility index (Phi) is 4.44. The summed E-state index contributed by atoms with van der Waals surface area (Å²) in [5.74, 6) is -1.38. The molecule has 1 aliphatic carbocycles. The second kappa shape index (κ2) is 6.22. The first kappa shape index (κ1) is 16.4. The van der Waals surface area contributed by atoms with Crippen molar-refractivity contribution in [3.05, 3.63) is 29.3 Å². The normalized spacial score (nSPS) is 22.9. The van der Waals surface area contributed by atoms with Crippen LogP contribution in [-0.2, 0) is 27.7 Å². The summed E-state index contributed by atoms with van der Waals surface area (Å²) in [6, 6.07) is 5.18. The predicted octanol–water partition coefficient (Wildman–Crippen LogP) is 0.812. The summed E-state index contributed by atoms with van der Waals surface area (Å²) in [7, 11) is -3.55. The molecular weight excluding hydrogens is 316 g/mol. The van der Waals surface area contributed by atoms with Crippen molar-refractivity contribution >= 4 is 16.0 Å². The van der Waals surface area contributed by atoms with Gasteiger partial charge in [-0.3, -0.25) is 4.79 Å². The van der Waals surface area contributed by atoms with Crippen molar-refractivity contribution in [2.45, 2.75) is 24.7 Å². The van der Waals surface area contributed by atoms with Crippen molar-refractivity contribution in [2.24, 2.45) is 5.92 Å². The fourth-order valence-corrected chi connectivity index (χ4v) is 5.16. The number of carboxylic acid groups (broad SMARTS) is 1. The van der Waals surface area contributed by atoms with E-state index in [-0.39, 0.29) is 0 Å². The van der Waals surface area contributed by atoms with Crippen LogP contribution >= 0.6 is 0 Å². The highest BCUT2D eigenvalue weighted by atomic mass is 32.2. The van der Waals surface area contributed by atoms with E-state index < -0.39 is 21.9 Å². The van der Waals surface area contributed by atoms with Crippen LogP contribution < -0.4 is 0 Å². The largest absolute Gasteiger partial charge is 0.481 e. The van der Waals surface area contributed by atoms with Crippen molar-refractivity contribution in [2.75, 3.05) is 32.7 Å². The Labute approximate surface area is 136 Å². The molecule has 0 saturated carbocycles. The Morgan fingerprint density at radius 2 is 1.91 bits per heavy atom. The van der Waals surface area contributed by atoms with Gasteiger partial charge < -0.3 is 10.0 Å². The molecule has 0 aromatic heterocycles. The average Bonchev–Trinajstić information content (AvgIpc) is 2.99. The van der Waals surface area contributed by atoms with Crippen LogP contribution in [0.25, 0.3) is 0 Å². The molecule has 7 heteroatoms. The SMILES string of the molecule is CCN1CCN(S(=O)(=O)c2cccc3c2CC(C(=O)O)C3)CC1. The van der Waals surface area contributed by atoms with Gasteiger partial charge in [0.1, 0.15) is 0 Å². The van der Waals surface area contributed by atoms with Crippen LogP contribution in [0.2, 0.25) is 0 Å². The molecule has 1 aromatic carbocycles. The molecule has 1 aromatic rings. The van der Waals surface area contributed by atoms with Gasteiger partial charge in [-0.15, -0.1) is 0 Å². The molecule has 1 atom stereocenters. The van der Waals surface area contributed by atoms with E-state index in [1.165, 1.54) is 4.31 Å². The van der Waals surface area contributed by atoms with Crippen LogP contribution in [0.4, 0.5) is 0 Å². The van der Waals surface area contributed by atoms with Gasteiger partial charge in [-0.25, -0.2) is 8.42 Å². The molecule has 0 spiro atoms. The van der Waals surface area contributed by atoms with Crippen LogP contribution in [0.15, 0.2) is 23.1 Å². The summed E-state index contributed by atoms with van der Waals surface area (Å²) in [5, 5.41) is 9.22. The van der Waals surface area contributed by atoms with Gasteiger partial charge >= 0.3 is 5.97 Å². The van der Waals surface area contributed by atoms with E-state index in [1.54, 1.807) is 12.1 Å². The summed E-state index contributed by atoms with van der Waals surface area (Å²) in [4.78, 5) is 13.8. The van der Waals surface area contributed by atoms with Crippen molar-refractivity contribution in [1.82, 2.24) is 9.21 Å². The molecule has 126 valence electrons. The standard InChI is InChI=1S/C16H22N2O4S/c1-2-17-6-8-18(9-7-17)23(21,22)15-5-3-4-12-10-13(16(19)20)11-14(12)15/h3-5,13H,2,6-11H2,1H3,(H,19,20). The first-order valence-electron chi connectivity index (χ1n) is 7.99. The number of likely N-dealkylation sites (N-methyl/N-ethyl adjacent to an activating group) is 1. The molecule has 1 unspecified atom stereocenters. The van der Waals surface area contributed by atoms with Crippen molar-refractivity contribution in [1.29, 1.82) is 0 Å². The fourth-order valence-electron chi connectivity index (χ4n) is 3.46. The van der Waals surface area contributed by atoms with Gasteiger partial charge in [0.25, 0.3) is 0 Å². The summed E-state index contributed by atoms with van der Waals surface area (Å²) in [6.45, 7) is 5.45. The average molecular weight is 338 g/mol. The zero-order valence-corrected chi connectivity index (χ0v) is 14.1. The predicted molar refractivity (Wildman–Crippen MR) is 85.8 cm³/mol. The smallest absolute Gasteiger partial charge is 0.307 e. The number of nitrogens with zero attached hydrogens (tertiary/aromatic N) is 2. The van der Waals surface area contributed by atoms with Gasteiger partial charge in [-0.2, -0.15) is 4.31 Å². The lowest BCUT2D eigenvalue weighted by molar-refractivity contribution is -0.141. The molecule has 23 heavy (non-hydrogen) atoms. The molecule has 3 rings (SSSR count). The van der Waals surface area contributed by atoms with Gasteiger partial charge in [0.15, 0.2) is 0 Å². The fraction of sp³-hybridized carbons (Fsp3) is 0.562. The molecule has 1 aliphatic heterocycles. The lowest BCUT2D eigenvalue weighted by atomic mass is 10.1. The number of sulfonamides is 1. The van der Waals surface area contributed by atoms with Crippen LogP contribution in [0.3, 0.4) is 0 Å². The summed E-state index contributed by atoms with van der Waals surface area (Å²) in [5.41, 5.74) is 1.54. The third-order valence-electron chi connectivity index (χ3n) is 4.89. The molecule has 6 nitrogen and oxygen atoms in total. The highest BCUT2D eigenvalue weighted by molar-refractivity contribution is 7.89. The monoisotopic (exact) mass is 338 g/mol. The number of hydrogen-bond acceptors (Lipinski definition) is 4. The minimum Gasteiger partial charge on any atom is -0.481 e. The topological polar surface area (TPSA) is 77.9 Å². The summed E-state index contributed by atoms with van der Waals surface area (Å²) >= 11 is 0. The van der Waals surface area contributed by atoms with Crippen LogP contribution in [0, 0.1) is 5.92 Å². The number of hydrogen-bond donors (Lipinski definition) is 1. The molecule has 0 radical (unpaired) electrons.